The highest BCUT2D eigenvalue weighted by Gasteiger charge is 2.58. The first-order valence-electron chi connectivity index (χ1n) is 8.16. The van der Waals surface area contributed by atoms with Gasteiger partial charge in [0, 0.05) is 5.38 Å². The standard InChI is InChI=1S/C11H16ClN4O14P3/c1-5(28-32(23,24)30-33(25,26)29-31(20,21)22)7-8(18)11(13,2-3-12)9(27-7)16-10(19)15-6(17)4-14-16/h4-5,7-9,18H,13H2,1H3,(H,23,24)(H,25,26)(H,15,17,19)(H2,20,21,22)/t5-,7+,8-,9+,11?/m0/s1. The van der Waals surface area contributed by atoms with Gasteiger partial charge in [0.1, 0.15) is 18.4 Å². The summed E-state index contributed by atoms with van der Waals surface area (Å²) in [4.78, 5) is 61.1. The highest BCUT2D eigenvalue weighted by molar-refractivity contribution is 7.66. The van der Waals surface area contributed by atoms with Crippen LogP contribution in [0.15, 0.2) is 15.8 Å². The van der Waals surface area contributed by atoms with Gasteiger partial charge in [0.2, 0.25) is 0 Å². The monoisotopic (exact) mass is 556 g/mol. The molecule has 0 aromatic carbocycles. The Hall–Kier alpha value is -1.25. The highest BCUT2D eigenvalue weighted by atomic mass is 35.5. The molecule has 1 aromatic rings. The molecule has 1 saturated heterocycles. The summed E-state index contributed by atoms with van der Waals surface area (Å²) in [5.41, 5.74) is 1.82. The van der Waals surface area contributed by atoms with Gasteiger partial charge in [0.25, 0.3) is 5.56 Å². The van der Waals surface area contributed by atoms with Gasteiger partial charge in [0.05, 0.1) is 6.10 Å². The van der Waals surface area contributed by atoms with Gasteiger partial charge in [-0.15, -0.1) is 0 Å². The molecule has 3 unspecified atom stereocenters. The molecule has 7 atom stereocenters. The van der Waals surface area contributed by atoms with E-state index in [4.69, 9.17) is 31.9 Å². The van der Waals surface area contributed by atoms with Crippen LogP contribution < -0.4 is 17.0 Å². The number of ether oxygens (including phenoxy) is 1. The van der Waals surface area contributed by atoms with Gasteiger partial charge in [-0.1, -0.05) is 5.92 Å². The van der Waals surface area contributed by atoms with Crippen molar-refractivity contribution in [2.24, 2.45) is 5.73 Å². The first kappa shape index (κ1) is 28.0. The van der Waals surface area contributed by atoms with E-state index in [9.17, 15) is 38.2 Å². The van der Waals surface area contributed by atoms with Crippen molar-refractivity contribution in [3.63, 3.8) is 0 Å². The Bertz CT molecular complexity index is 1220. The lowest BCUT2D eigenvalue weighted by atomic mass is 9.90. The van der Waals surface area contributed by atoms with Gasteiger partial charge in [0.15, 0.2) is 11.8 Å². The first-order valence-corrected chi connectivity index (χ1v) is 13.1. The van der Waals surface area contributed by atoms with Gasteiger partial charge >= 0.3 is 29.2 Å². The summed E-state index contributed by atoms with van der Waals surface area (Å²) in [5, 5.41) is 16.0. The summed E-state index contributed by atoms with van der Waals surface area (Å²) >= 11 is 5.37. The summed E-state index contributed by atoms with van der Waals surface area (Å²) in [6.45, 7) is 0.992. The summed E-state index contributed by atoms with van der Waals surface area (Å²) in [6.07, 6.45) is -6.41. The van der Waals surface area contributed by atoms with Crippen molar-refractivity contribution in [3.05, 3.63) is 27.0 Å². The maximum atomic E-state index is 12.1. The van der Waals surface area contributed by atoms with E-state index in [-0.39, 0.29) is 0 Å². The zero-order chi connectivity index (χ0) is 25.4. The number of nitrogens with one attached hydrogen (secondary N) is 1. The third kappa shape index (κ3) is 6.89. The third-order valence-corrected chi connectivity index (χ3v) is 7.92. The molecule has 33 heavy (non-hydrogen) atoms. The second-order valence-corrected chi connectivity index (χ2v) is 10.9. The zero-order valence-corrected chi connectivity index (χ0v) is 19.4. The van der Waals surface area contributed by atoms with Crippen molar-refractivity contribution < 1.29 is 56.3 Å². The number of hydrogen-bond acceptors (Lipinski definition) is 12. The van der Waals surface area contributed by atoms with Crippen molar-refractivity contribution in [2.75, 3.05) is 0 Å². The number of aliphatic hydroxyl groups excluding tert-OH is 1. The largest absolute Gasteiger partial charge is 0.490 e. The molecule has 186 valence electrons. The van der Waals surface area contributed by atoms with Crippen LogP contribution in [-0.4, -0.2) is 63.3 Å². The number of phosphoric acid groups is 3. The predicted molar refractivity (Wildman–Crippen MR) is 104 cm³/mol. The molecule has 1 aliphatic rings. The number of hydrogen-bond donors (Lipinski definition) is 7. The Kier molecular flexibility index (Phi) is 8.30. The average Bonchev–Trinajstić information content (AvgIpc) is 2.83. The molecule has 2 heterocycles. The van der Waals surface area contributed by atoms with Crippen LogP contribution in [0.1, 0.15) is 13.2 Å². The fourth-order valence-corrected chi connectivity index (χ4v) is 6.06. The van der Waals surface area contributed by atoms with Crippen molar-refractivity contribution in [3.8, 4) is 11.3 Å². The second kappa shape index (κ2) is 9.78. The second-order valence-electron chi connectivity index (χ2n) is 6.34. The summed E-state index contributed by atoms with van der Waals surface area (Å²) < 4.78 is 51.8. The van der Waals surface area contributed by atoms with Crippen molar-refractivity contribution in [1.82, 2.24) is 14.8 Å². The maximum Gasteiger partial charge on any atom is 0.490 e. The van der Waals surface area contributed by atoms with E-state index in [2.05, 4.69) is 24.2 Å². The molecule has 1 aromatic heterocycles. The maximum absolute atomic E-state index is 12.1. The number of halogens is 1. The average molecular weight is 557 g/mol. The number of rotatable bonds is 8. The molecule has 0 saturated carbocycles. The van der Waals surface area contributed by atoms with E-state index in [1.165, 1.54) is 0 Å². The number of aliphatic hydroxyl groups is 1. The lowest BCUT2D eigenvalue weighted by Crippen LogP contribution is -2.56. The van der Waals surface area contributed by atoms with Gasteiger partial charge in [-0.25, -0.2) is 18.5 Å². The topological polar surface area (TPSA) is 283 Å². The highest BCUT2D eigenvalue weighted by Crippen LogP contribution is 2.66. The van der Waals surface area contributed by atoms with E-state index in [0.717, 1.165) is 6.92 Å². The van der Waals surface area contributed by atoms with E-state index in [1.54, 1.807) is 0 Å². The molecular formula is C11H16ClN4O14P3. The Morgan fingerprint density at radius 3 is 2.39 bits per heavy atom. The van der Waals surface area contributed by atoms with Gasteiger partial charge in [-0.05, 0) is 18.5 Å². The van der Waals surface area contributed by atoms with E-state index >= 15 is 0 Å². The quantitative estimate of drug-likeness (QED) is 0.132. The van der Waals surface area contributed by atoms with Crippen LogP contribution in [0.25, 0.3) is 0 Å². The molecule has 0 aliphatic carbocycles. The molecule has 0 radical (unpaired) electrons. The normalized spacial score (nSPS) is 30.0. The van der Waals surface area contributed by atoms with Crippen LogP contribution in [0, 0.1) is 11.3 Å². The summed E-state index contributed by atoms with van der Waals surface area (Å²) in [6, 6.07) is 0. The van der Waals surface area contributed by atoms with Crippen LogP contribution in [-0.2, 0) is 31.6 Å². The van der Waals surface area contributed by atoms with Crippen LogP contribution in [0.3, 0.4) is 0 Å². The Morgan fingerprint density at radius 1 is 1.27 bits per heavy atom. The smallest absolute Gasteiger partial charge is 0.387 e. The van der Waals surface area contributed by atoms with Crippen LogP contribution in [0.4, 0.5) is 0 Å². The molecule has 18 nitrogen and oxygen atoms in total. The number of aromatic nitrogens is 3. The molecule has 22 heteroatoms. The molecular weight excluding hydrogens is 541 g/mol. The number of aromatic amines is 1. The summed E-state index contributed by atoms with van der Waals surface area (Å²) in [7, 11) is -17.0. The lowest BCUT2D eigenvalue weighted by Gasteiger charge is -2.27. The van der Waals surface area contributed by atoms with Gasteiger partial charge in [-0.2, -0.15) is 18.4 Å². The first-order chi connectivity index (χ1) is 14.9. The van der Waals surface area contributed by atoms with E-state index < -0.39 is 64.8 Å². The summed E-state index contributed by atoms with van der Waals surface area (Å²) in [5.74, 6) is 2.19. The van der Waals surface area contributed by atoms with Crippen molar-refractivity contribution in [1.29, 1.82) is 0 Å². The Balaban J connectivity index is 2.32. The molecule has 8 N–H and O–H groups in total. The third-order valence-electron chi connectivity index (χ3n) is 3.90. The van der Waals surface area contributed by atoms with Gasteiger partial charge < -0.3 is 35.2 Å². The molecule has 0 spiro atoms. The number of H-pyrrole nitrogens is 1. The zero-order valence-electron chi connectivity index (χ0n) is 16.0. The van der Waals surface area contributed by atoms with Crippen LogP contribution >= 0.6 is 35.1 Å². The minimum absolute atomic E-state index is 0.489. The molecule has 1 aliphatic heterocycles. The minimum Gasteiger partial charge on any atom is -0.387 e. The fraction of sp³-hybridized carbons (Fsp3) is 0.545. The molecule has 2 rings (SSSR count). The number of nitrogens with zero attached hydrogens (tertiary/aromatic N) is 2. The Labute approximate surface area is 187 Å². The SMILES string of the molecule is C[C@H](OP(=O)(O)OP(=O)(O)OP(=O)(O)O)[C@H]1O[C@@H](n2ncc(=O)[nH]c2=O)C(N)(C#CCl)[C@H]1O. The van der Waals surface area contributed by atoms with Crippen LogP contribution in [0.5, 0.6) is 0 Å². The van der Waals surface area contributed by atoms with Crippen molar-refractivity contribution >= 4 is 35.1 Å². The van der Waals surface area contributed by atoms with E-state index in [1.807, 2.05) is 10.4 Å². The molecule has 1 fully saturated rings. The minimum atomic E-state index is -5.80. The fourth-order valence-electron chi connectivity index (χ4n) is 2.70. The van der Waals surface area contributed by atoms with E-state index in [0.29, 0.717) is 10.9 Å². The predicted octanol–water partition coefficient (Wildman–Crippen LogP) is -2.18. The van der Waals surface area contributed by atoms with Gasteiger partial charge in [-0.3, -0.25) is 14.3 Å². The molecule has 0 amide bonds. The molecule has 0 bridgehead atoms. The van der Waals surface area contributed by atoms with Crippen molar-refractivity contribution in [2.45, 2.75) is 37.0 Å². The number of nitrogens with two attached hydrogens (primary N) is 1. The lowest BCUT2D eigenvalue weighted by molar-refractivity contribution is -0.0794. The van der Waals surface area contributed by atoms with Crippen LogP contribution in [0.2, 0.25) is 0 Å². The Morgan fingerprint density at radius 2 is 1.88 bits per heavy atom. The number of phosphoric ester groups is 1.